The van der Waals surface area contributed by atoms with Gasteiger partial charge in [0, 0.05) is 6.08 Å². The molecule has 0 fully saturated rings. The van der Waals surface area contributed by atoms with Gasteiger partial charge in [-0.2, -0.15) is 0 Å². The maximum absolute atomic E-state index is 12.8. The molecule has 0 bridgehead atoms. The number of esters is 1. The van der Waals surface area contributed by atoms with Crippen LogP contribution in [0.2, 0.25) is 0 Å². The summed E-state index contributed by atoms with van der Waals surface area (Å²) >= 11 is 3.38. The summed E-state index contributed by atoms with van der Waals surface area (Å²) in [6.07, 6.45) is 3.81. The third-order valence-electron chi connectivity index (χ3n) is 2.90. The molecule has 0 N–H and O–H groups in total. The lowest BCUT2D eigenvalue weighted by Gasteiger charge is -2.05. The molecule has 0 amide bonds. The molecular weight excluding hydrogens is 335 g/mol. The van der Waals surface area contributed by atoms with Crippen LogP contribution in [-0.2, 0) is 11.2 Å². The van der Waals surface area contributed by atoms with Gasteiger partial charge in [-0.15, -0.1) is 0 Å². The highest BCUT2D eigenvalue weighted by Crippen LogP contribution is 2.26. The van der Waals surface area contributed by atoms with Crippen molar-refractivity contribution in [1.82, 2.24) is 0 Å². The van der Waals surface area contributed by atoms with E-state index in [0.717, 1.165) is 22.0 Å². The van der Waals surface area contributed by atoms with E-state index < -0.39 is 5.97 Å². The Morgan fingerprint density at radius 2 is 1.95 bits per heavy atom. The summed E-state index contributed by atoms with van der Waals surface area (Å²) in [6, 6.07) is 11.4. The summed E-state index contributed by atoms with van der Waals surface area (Å²) in [5.41, 5.74) is 1.89. The average Bonchev–Trinajstić information content (AvgIpc) is 2.48. The van der Waals surface area contributed by atoms with E-state index in [9.17, 15) is 9.18 Å². The number of ether oxygens (including phenoxy) is 1. The lowest BCUT2D eigenvalue weighted by atomic mass is 10.2. The first-order chi connectivity index (χ1) is 10.1. The maximum atomic E-state index is 12.8. The topological polar surface area (TPSA) is 26.3 Å². The molecule has 0 aromatic heterocycles. The van der Waals surface area contributed by atoms with Gasteiger partial charge in [0.1, 0.15) is 11.6 Å². The van der Waals surface area contributed by atoms with Gasteiger partial charge in [-0.1, -0.05) is 25.1 Å². The van der Waals surface area contributed by atoms with E-state index in [1.807, 2.05) is 12.1 Å². The zero-order chi connectivity index (χ0) is 15.2. The molecule has 2 rings (SSSR count). The van der Waals surface area contributed by atoms with Crippen LogP contribution in [0, 0.1) is 5.82 Å². The molecule has 2 aromatic carbocycles. The van der Waals surface area contributed by atoms with Crippen molar-refractivity contribution in [2.45, 2.75) is 13.3 Å². The molecular formula is C17H14BrFO2. The third-order valence-corrected chi connectivity index (χ3v) is 3.52. The normalized spacial score (nSPS) is 10.8. The van der Waals surface area contributed by atoms with Crippen molar-refractivity contribution in [3.05, 3.63) is 70.0 Å². The molecule has 0 heterocycles. The van der Waals surface area contributed by atoms with Crippen molar-refractivity contribution < 1.29 is 13.9 Å². The number of hydrogen-bond acceptors (Lipinski definition) is 2. The van der Waals surface area contributed by atoms with Gasteiger partial charge < -0.3 is 4.74 Å². The molecule has 0 radical (unpaired) electrons. The first kappa shape index (κ1) is 15.4. The molecule has 0 aliphatic carbocycles. The molecule has 0 saturated heterocycles. The van der Waals surface area contributed by atoms with E-state index in [-0.39, 0.29) is 5.82 Å². The van der Waals surface area contributed by atoms with Crippen LogP contribution in [0.4, 0.5) is 4.39 Å². The second-order valence-electron chi connectivity index (χ2n) is 4.42. The number of halogens is 2. The number of hydrogen-bond donors (Lipinski definition) is 0. The molecule has 2 nitrogen and oxygen atoms in total. The number of carbonyl (C=O) groups excluding carboxylic acids is 1. The highest BCUT2D eigenvalue weighted by Gasteiger charge is 2.06. The Labute approximate surface area is 131 Å². The van der Waals surface area contributed by atoms with Crippen LogP contribution in [0.1, 0.15) is 18.1 Å². The van der Waals surface area contributed by atoms with Crippen LogP contribution in [0.15, 0.2) is 53.0 Å². The molecule has 4 heteroatoms. The van der Waals surface area contributed by atoms with E-state index in [1.54, 1.807) is 24.3 Å². The van der Waals surface area contributed by atoms with E-state index in [4.69, 9.17) is 4.74 Å². The second kappa shape index (κ2) is 7.18. The van der Waals surface area contributed by atoms with Crippen LogP contribution in [0.25, 0.3) is 6.08 Å². The fourth-order valence-electron chi connectivity index (χ4n) is 1.73. The van der Waals surface area contributed by atoms with Crippen molar-refractivity contribution in [3.63, 3.8) is 0 Å². The summed E-state index contributed by atoms with van der Waals surface area (Å²) in [7, 11) is 0. The van der Waals surface area contributed by atoms with Crippen LogP contribution in [-0.4, -0.2) is 5.97 Å². The van der Waals surface area contributed by atoms with Gasteiger partial charge in [0.25, 0.3) is 0 Å². The summed E-state index contributed by atoms with van der Waals surface area (Å²) in [4.78, 5) is 11.8. The monoisotopic (exact) mass is 348 g/mol. The minimum absolute atomic E-state index is 0.310. The number of benzene rings is 2. The van der Waals surface area contributed by atoms with Crippen molar-refractivity contribution in [3.8, 4) is 5.75 Å². The number of rotatable bonds is 4. The van der Waals surface area contributed by atoms with E-state index in [0.29, 0.717) is 5.75 Å². The summed E-state index contributed by atoms with van der Waals surface area (Å²) in [6.45, 7) is 2.05. The molecule has 21 heavy (non-hydrogen) atoms. The first-order valence-corrected chi connectivity index (χ1v) is 7.31. The van der Waals surface area contributed by atoms with Crippen molar-refractivity contribution in [1.29, 1.82) is 0 Å². The minimum atomic E-state index is -0.482. The van der Waals surface area contributed by atoms with Gasteiger partial charge in [-0.3, -0.25) is 0 Å². The molecule has 108 valence electrons. The Hall–Kier alpha value is -1.94. The molecule has 0 aliphatic heterocycles. The van der Waals surface area contributed by atoms with Gasteiger partial charge in [0.05, 0.1) is 4.47 Å². The highest BCUT2D eigenvalue weighted by atomic mass is 79.9. The Kier molecular flexibility index (Phi) is 5.28. The second-order valence-corrected chi connectivity index (χ2v) is 5.28. The lowest BCUT2D eigenvalue weighted by molar-refractivity contribution is -0.128. The van der Waals surface area contributed by atoms with Crippen molar-refractivity contribution >= 4 is 28.0 Å². The molecule has 0 atom stereocenters. The zero-order valence-electron chi connectivity index (χ0n) is 11.5. The van der Waals surface area contributed by atoms with Gasteiger partial charge in [0.15, 0.2) is 0 Å². The van der Waals surface area contributed by atoms with Crippen molar-refractivity contribution in [2.75, 3.05) is 0 Å². The molecule has 0 spiro atoms. The Balaban J connectivity index is 2.03. The van der Waals surface area contributed by atoms with Gasteiger partial charge in [0.2, 0.25) is 0 Å². The lowest BCUT2D eigenvalue weighted by Crippen LogP contribution is -2.04. The Bertz CT molecular complexity index is 663. The van der Waals surface area contributed by atoms with Gasteiger partial charge >= 0.3 is 5.97 Å². The van der Waals surface area contributed by atoms with Crippen LogP contribution in [0.5, 0.6) is 5.75 Å². The fourth-order valence-corrected chi connectivity index (χ4v) is 2.23. The Morgan fingerprint density at radius 3 is 2.57 bits per heavy atom. The van der Waals surface area contributed by atoms with E-state index >= 15 is 0 Å². The SMILES string of the molecule is CCc1ccc(OC(=O)/C=C/c2ccc(F)cc2)c(Br)c1. The van der Waals surface area contributed by atoms with Gasteiger partial charge in [-0.05, 0) is 63.8 Å². The van der Waals surface area contributed by atoms with Crippen molar-refractivity contribution in [2.24, 2.45) is 0 Å². The third kappa shape index (κ3) is 4.53. The zero-order valence-corrected chi connectivity index (χ0v) is 13.1. The fraction of sp³-hybridized carbons (Fsp3) is 0.118. The predicted octanol–water partition coefficient (Wildman–Crippen LogP) is 4.77. The largest absolute Gasteiger partial charge is 0.422 e. The molecule has 0 aliphatic rings. The first-order valence-electron chi connectivity index (χ1n) is 6.52. The Morgan fingerprint density at radius 1 is 1.24 bits per heavy atom. The maximum Gasteiger partial charge on any atom is 0.336 e. The molecule has 0 saturated carbocycles. The van der Waals surface area contributed by atoms with E-state index in [2.05, 4.69) is 22.9 Å². The predicted molar refractivity (Wildman–Crippen MR) is 84.6 cm³/mol. The summed E-state index contributed by atoms with van der Waals surface area (Å²) < 4.78 is 18.7. The smallest absolute Gasteiger partial charge is 0.336 e. The van der Waals surface area contributed by atoms with Crippen LogP contribution >= 0.6 is 15.9 Å². The van der Waals surface area contributed by atoms with Crippen LogP contribution < -0.4 is 4.74 Å². The molecule has 2 aromatic rings. The molecule has 0 unspecified atom stereocenters. The summed E-state index contributed by atoms with van der Waals surface area (Å²) in [5.74, 6) is -0.320. The van der Waals surface area contributed by atoms with Crippen LogP contribution in [0.3, 0.4) is 0 Å². The van der Waals surface area contributed by atoms with Gasteiger partial charge in [-0.25, -0.2) is 9.18 Å². The summed E-state index contributed by atoms with van der Waals surface area (Å²) in [5, 5.41) is 0. The number of aryl methyl sites for hydroxylation is 1. The minimum Gasteiger partial charge on any atom is -0.422 e. The standard InChI is InChI=1S/C17H14BrFO2/c1-2-12-5-9-16(15(18)11-12)21-17(20)10-6-13-3-7-14(19)8-4-13/h3-11H,2H2,1H3/b10-6+. The average molecular weight is 349 g/mol. The number of carbonyl (C=O) groups is 1. The highest BCUT2D eigenvalue weighted by molar-refractivity contribution is 9.10. The van der Waals surface area contributed by atoms with E-state index in [1.165, 1.54) is 18.2 Å². The quantitative estimate of drug-likeness (QED) is 0.452.